The number of phenolic OH excluding ortho intramolecular Hbond substituents is 1. The lowest BCUT2D eigenvalue weighted by molar-refractivity contribution is -0.119. The minimum atomic E-state index is -0.410. The number of methoxy groups -OCH3 is 2. The number of amides is 1. The van der Waals surface area contributed by atoms with E-state index in [0.717, 1.165) is 28.1 Å². The zero-order chi connectivity index (χ0) is 23.1. The molecule has 4 atom stereocenters. The molecule has 0 saturated carbocycles. The van der Waals surface area contributed by atoms with E-state index in [-0.39, 0.29) is 29.7 Å². The summed E-state index contributed by atoms with van der Waals surface area (Å²) in [6.07, 6.45) is 0. The van der Waals surface area contributed by atoms with E-state index in [0.29, 0.717) is 5.75 Å². The molecule has 0 aliphatic carbocycles. The van der Waals surface area contributed by atoms with Gasteiger partial charge in [-0.25, -0.2) is 10.9 Å². The van der Waals surface area contributed by atoms with Crippen molar-refractivity contribution in [3.63, 3.8) is 0 Å². The number of carbonyl (C=O) groups excluding carboxylic acids is 1. The summed E-state index contributed by atoms with van der Waals surface area (Å²) in [5.41, 5.74) is 10.5. The fourth-order valence-corrected chi connectivity index (χ4v) is 5.00. The summed E-state index contributed by atoms with van der Waals surface area (Å²) in [6, 6.07) is 20.4. The van der Waals surface area contributed by atoms with Crippen molar-refractivity contribution in [3.05, 3.63) is 83.4 Å². The molecule has 2 aliphatic rings. The van der Waals surface area contributed by atoms with E-state index in [1.54, 1.807) is 13.2 Å². The number of nitrogens with zero attached hydrogens (tertiary/aromatic N) is 1. The Hall–Kier alpha value is -3.55. The predicted molar refractivity (Wildman–Crippen MR) is 125 cm³/mol. The first-order valence-electron chi connectivity index (χ1n) is 10.9. The SMILES string of the molecule is COc1cccc(C2NNC3C(=O)N(c4ccc(C)cc4)C(c4ccc(O)c(OC)c4)C32)c1. The molecule has 3 N–H and O–H groups in total. The van der Waals surface area contributed by atoms with Crippen LogP contribution in [0.4, 0.5) is 5.69 Å². The number of hydrogen-bond acceptors (Lipinski definition) is 6. The lowest BCUT2D eigenvalue weighted by atomic mass is 9.83. The number of rotatable bonds is 5. The average molecular weight is 446 g/mol. The van der Waals surface area contributed by atoms with Gasteiger partial charge in [0, 0.05) is 11.6 Å². The van der Waals surface area contributed by atoms with E-state index in [1.807, 2.05) is 72.5 Å². The zero-order valence-corrected chi connectivity index (χ0v) is 18.8. The number of aryl methyl sites for hydroxylation is 1. The third-order valence-corrected chi connectivity index (χ3v) is 6.62. The highest BCUT2D eigenvalue weighted by atomic mass is 16.5. The number of nitrogens with one attached hydrogen (secondary N) is 2. The zero-order valence-electron chi connectivity index (χ0n) is 18.8. The Morgan fingerprint density at radius 3 is 2.36 bits per heavy atom. The molecule has 7 heteroatoms. The van der Waals surface area contributed by atoms with Crippen LogP contribution in [0.2, 0.25) is 0 Å². The van der Waals surface area contributed by atoms with Crippen LogP contribution in [0.5, 0.6) is 17.2 Å². The molecule has 7 nitrogen and oxygen atoms in total. The van der Waals surface area contributed by atoms with Crippen LogP contribution in [0, 0.1) is 12.8 Å². The van der Waals surface area contributed by atoms with Gasteiger partial charge < -0.3 is 19.5 Å². The van der Waals surface area contributed by atoms with Gasteiger partial charge in [-0.05, 0) is 54.4 Å². The van der Waals surface area contributed by atoms with Gasteiger partial charge in [0.2, 0.25) is 5.91 Å². The van der Waals surface area contributed by atoms with Gasteiger partial charge in [0.1, 0.15) is 11.8 Å². The molecular formula is C26H27N3O4. The number of hydrogen-bond donors (Lipinski definition) is 3. The maximum Gasteiger partial charge on any atom is 0.246 e. The van der Waals surface area contributed by atoms with Gasteiger partial charge in [-0.2, -0.15) is 0 Å². The molecule has 2 saturated heterocycles. The second-order valence-corrected chi connectivity index (χ2v) is 8.52. The largest absolute Gasteiger partial charge is 0.504 e. The van der Waals surface area contributed by atoms with Crippen LogP contribution in [-0.4, -0.2) is 31.3 Å². The first-order chi connectivity index (χ1) is 16.0. The van der Waals surface area contributed by atoms with Gasteiger partial charge in [-0.15, -0.1) is 0 Å². The minimum Gasteiger partial charge on any atom is -0.504 e. The Morgan fingerprint density at radius 1 is 0.879 bits per heavy atom. The normalized spacial score (nSPS) is 24.1. The summed E-state index contributed by atoms with van der Waals surface area (Å²) in [6.45, 7) is 2.02. The highest BCUT2D eigenvalue weighted by Crippen LogP contribution is 2.50. The number of anilines is 1. The molecule has 0 spiro atoms. The number of carbonyl (C=O) groups is 1. The van der Waals surface area contributed by atoms with Gasteiger partial charge >= 0.3 is 0 Å². The van der Waals surface area contributed by atoms with Gasteiger partial charge in [-0.1, -0.05) is 35.9 Å². The van der Waals surface area contributed by atoms with Crippen molar-refractivity contribution < 1.29 is 19.4 Å². The smallest absolute Gasteiger partial charge is 0.246 e. The molecule has 4 unspecified atom stereocenters. The van der Waals surface area contributed by atoms with Crippen LogP contribution < -0.4 is 25.2 Å². The number of fused-ring (bicyclic) bond motifs is 1. The minimum absolute atomic E-state index is 0.00112. The van der Waals surface area contributed by atoms with E-state index >= 15 is 0 Å². The number of ether oxygens (including phenoxy) is 2. The second-order valence-electron chi connectivity index (χ2n) is 8.52. The second kappa shape index (κ2) is 8.42. The van der Waals surface area contributed by atoms with Gasteiger partial charge in [0.25, 0.3) is 0 Å². The van der Waals surface area contributed by atoms with Crippen molar-refractivity contribution in [3.8, 4) is 17.2 Å². The molecule has 5 rings (SSSR count). The fraction of sp³-hybridized carbons (Fsp3) is 0.269. The number of hydrazine groups is 1. The Bertz CT molecular complexity index is 1180. The quantitative estimate of drug-likeness (QED) is 0.556. The highest BCUT2D eigenvalue weighted by molar-refractivity contribution is 6.01. The Balaban J connectivity index is 1.64. The lowest BCUT2D eigenvalue weighted by Gasteiger charge is -2.31. The summed E-state index contributed by atoms with van der Waals surface area (Å²) < 4.78 is 10.8. The lowest BCUT2D eigenvalue weighted by Crippen LogP contribution is -2.41. The standard InChI is InChI=1S/C26H27N3O4/c1-15-7-10-18(11-8-15)29-25(17-9-12-20(30)21(14-17)33-3)22-23(27-28-24(22)26(29)31)16-5-4-6-19(13-16)32-2/h4-14,22-25,27-28,30H,1-3H3. The number of aromatic hydroxyl groups is 1. The molecule has 170 valence electrons. The van der Waals surface area contributed by atoms with Crippen molar-refractivity contribution in [2.75, 3.05) is 19.1 Å². The van der Waals surface area contributed by atoms with Crippen LogP contribution in [0.15, 0.2) is 66.7 Å². The maximum atomic E-state index is 13.7. The van der Waals surface area contributed by atoms with Crippen LogP contribution in [0.3, 0.4) is 0 Å². The maximum absolute atomic E-state index is 13.7. The van der Waals surface area contributed by atoms with Crippen molar-refractivity contribution >= 4 is 11.6 Å². The summed E-state index contributed by atoms with van der Waals surface area (Å²) in [7, 11) is 3.17. The van der Waals surface area contributed by atoms with Crippen LogP contribution in [0.25, 0.3) is 0 Å². The Labute approximate surface area is 192 Å². The van der Waals surface area contributed by atoms with Gasteiger partial charge in [0.05, 0.1) is 26.3 Å². The molecular weight excluding hydrogens is 418 g/mol. The third-order valence-electron chi connectivity index (χ3n) is 6.62. The fourth-order valence-electron chi connectivity index (χ4n) is 5.00. The van der Waals surface area contributed by atoms with Gasteiger partial charge in [0.15, 0.2) is 11.5 Å². The van der Waals surface area contributed by atoms with E-state index < -0.39 is 6.04 Å². The van der Waals surface area contributed by atoms with E-state index in [2.05, 4.69) is 10.9 Å². The number of benzene rings is 3. The summed E-state index contributed by atoms with van der Waals surface area (Å²) >= 11 is 0. The van der Waals surface area contributed by atoms with Crippen molar-refractivity contribution in [2.24, 2.45) is 5.92 Å². The molecule has 0 aromatic heterocycles. The molecule has 2 heterocycles. The first-order valence-corrected chi connectivity index (χ1v) is 10.9. The molecule has 3 aromatic carbocycles. The molecule has 0 bridgehead atoms. The predicted octanol–water partition coefficient (Wildman–Crippen LogP) is 3.64. The van der Waals surface area contributed by atoms with Crippen LogP contribution >= 0.6 is 0 Å². The summed E-state index contributed by atoms with van der Waals surface area (Å²) in [5, 5.41) is 10.2. The third kappa shape index (κ3) is 3.59. The molecule has 2 fully saturated rings. The molecule has 0 radical (unpaired) electrons. The van der Waals surface area contributed by atoms with Crippen LogP contribution in [0.1, 0.15) is 28.8 Å². The first kappa shape index (κ1) is 21.3. The van der Waals surface area contributed by atoms with Gasteiger partial charge in [-0.3, -0.25) is 4.79 Å². The topological polar surface area (TPSA) is 83.1 Å². The molecule has 3 aromatic rings. The van der Waals surface area contributed by atoms with Crippen molar-refractivity contribution in [2.45, 2.75) is 25.0 Å². The molecule has 33 heavy (non-hydrogen) atoms. The summed E-state index contributed by atoms with van der Waals surface area (Å²) in [5.74, 6) is 1.10. The Morgan fingerprint density at radius 2 is 1.64 bits per heavy atom. The average Bonchev–Trinajstić information content (AvgIpc) is 3.39. The van der Waals surface area contributed by atoms with E-state index in [9.17, 15) is 9.90 Å². The van der Waals surface area contributed by atoms with Crippen LogP contribution in [-0.2, 0) is 4.79 Å². The van der Waals surface area contributed by atoms with Crippen molar-refractivity contribution in [1.82, 2.24) is 10.9 Å². The van der Waals surface area contributed by atoms with E-state index in [1.165, 1.54) is 7.11 Å². The number of phenols is 1. The summed E-state index contributed by atoms with van der Waals surface area (Å²) in [4.78, 5) is 15.6. The van der Waals surface area contributed by atoms with E-state index in [4.69, 9.17) is 9.47 Å². The monoisotopic (exact) mass is 445 g/mol. The van der Waals surface area contributed by atoms with Crippen molar-refractivity contribution in [1.29, 1.82) is 0 Å². The molecule has 2 aliphatic heterocycles. The molecule has 1 amide bonds. The highest BCUT2D eigenvalue weighted by Gasteiger charge is 2.56. The Kier molecular flexibility index (Phi) is 5.44.